The number of carbonyl (C=O) groups is 2. The Hall–Kier alpha value is -1.92. The lowest BCUT2D eigenvalue weighted by Gasteiger charge is -2.55. The number of allylic oxidation sites excluding steroid dienone is 3. The van der Waals surface area contributed by atoms with Crippen LogP contribution in [0, 0.1) is 5.92 Å². The standard InChI is InChI=1S/C22H30O6/c1-14-7-5-8-15(2)12-22(25)18-11-19(27-20(24)16(18)3)21(28-22,10-6-9-14)13-26-17(4)23/h8-9,18-19,25H,3,5-7,10-13H2,1-2,4H3. The Kier molecular flexibility index (Phi) is 5.82. The molecule has 0 saturated carbocycles. The van der Waals surface area contributed by atoms with Gasteiger partial charge in [0, 0.05) is 24.8 Å². The summed E-state index contributed by atoms with van der Waals surface area (Å²) in [4.78, 5) is 24.0. The predicted molar refractivity (Wildman–Crippen MR) is 103 cm³/mol. The molecule has 0 aliphatic carbocycles. The van der Waals surface area contributed by atoms with Gasteiger partial charge >= 0.3 is 11.9 Å². The van der Waals surface area contributed by atoms with Gasteiger partial charge in [-0.15, -0.1) is 0 Å². The van der Waals surface area contributed by atoms with Crippen molar-refractivity contribution in [1.29, 1.82) is 0 Å². The van der Waals surface area contributed by atoms with Crippen LogP contribution in [0.25, 0.3) is 0 Å². The molecule has 3 aliphatic rings. The van der Waals surface area contributed by atoms with Crippen LogP contribution in [0.2, 0.25) is 0 Å². The fourth-order valence-electron chi connectivity index (χ4n) is 4.49. The summed E-state index contributed by atoms with van der Waals surface area (Å²) < 4.78 is 17.3. The van der Waals surface area contributed by atoms with Gasteiger partial charge in [-0.1, -0.05) is 29.9 Å². The van der Waals surface area contributed by atoms with Crippen LogP contribution in [0.4, 0.5) is 0 Å². The molecule has 28 heavy (non-hydrogen) atoms. The summed E-state index contributed by atoms with van der Waals surface area (Å²) in [7, 11) is 0. The lowest BCUT2D eigenvalue weighted by Crippen LogP contribution is -2.66. The van der Waals surface area contributed by atoms with Gasteiger partial charge in [0.1, 0.15) is 18.3 Å². The van der Waals surface area contributed by atoms with Gasteiger partial charge in [0.25, 0.3) is 0 Å². The third kappa shape index (κ3) is 4.08. The summed E-state index contributed by atoms with van der Waals surface area (Å²) in [5.41, 5.74) is 1.40. The Balaban J connectivity index is 2.04. The number of hydrogen-bond acceptors (Lipinski definition) is 6. The van der Waals surface area contributed by atoms with Gasteiger partial charge in [0.2, 0.25) is 0 Å². The fraction of sp³-hybridized carbons (Fsp3) is 0.636. The lowest BCUT2D eigenvalue weighted by molar-refractivity contribution is -0.351. The monoisotopic (exact) mass is 390 g/mol. The highest BCUT2D eigenvalue weighted by molar-refractivity contribution is 5.89. The minimum atomic E-state index is -1.59. The number of rotatable bonds is 2. The highest BCUT2D eigenvalue weighted by Gasteiger charge is 2.61. The first-order valence-corrected chi connectivity index (χ1v) is 9.92. The zero-order valence-electron chi connectivity index (χ0n) is 17.0. The molecular formula is C22H30O6. The van der Waals surface area contributed by atoms with E-state index in [2.05, 4.69) is 25.7 Å². The van der Waals surface area contributed by atoms with Crippen molar-refractivity contribution in [3.8, 4) is 0 Å². The summed E-state index contributed by atoms with van der Waals surface area (Å²) in [6.07, 6.45) is 7.28. The van der Waals surface area contributed by atoms with E-state index in [0.29, 0.717) is 19.3 Å². The number of carbonyl (C=O) groups excluding carboxylic acids is 2. The quantitative estimate of drug-likeness (QED) is 0.442. The van der Waals surface area contributed by atoms with E-state index in [1.165, 1.54) is 12.5 Å². The normalized spacial score (nSPS) is 36.3. The van der Waals surface area contributed by atoms with Crippen molar-refractivity contribution >= 4 is 11.9 Å². The number of hydrogen-bond donors (Lipinski definition) is 1. The average Bonchev–Trinajstić information content (AvgIpc) is 2.60. The Morgan fingerprint density at radius 3 is 2.75 bits per heavy atom. The van der Waals surface area contributed by atoms with Crippen molar-refractivity contribution in [2.24, 2.45) is 5.92 Å². The van der Waals surface area contributed by atoms with Gasteiger partial charge in [-0.2, -0.15) is 0 Å². The maximum atomic E-state index is 12.4. The molecule has 1 N–H and O–H groups in total. The van der Waals surface area contributed by atoms with Crippen LogP contribution in [0.15, 0.2) is 35.5 Å². The SMILES string of the molecule is C=C1C(=O)OC2CC1C1(O)CC(C)=CCCC(C)=CCCC2(COC(C)=O)O1. The third-order valence-electron chi connectivity index (χ3n) is 6.04. The first kappa shape index (κ1) is 20.8. The maximum absolute atomic E-state index is 12.4. The number of esters is 2. The minimum absolute atomic E-state index is 0.0720. The minimum Gasteiger partial charge on any atom is -0.463 e. The van der Waals surface area contributed by atoms with Crippen LogP contribution in [-0.2, 0) is 23.8 Å². The van der Waals surface area contributed by atoms with Crippen molar-refractivity contribution < 1.29 is 28.9 Å². The Labute approximate surface area is 166 Å². The van der Waals surface area contributed by atoms with E-state index in [0.717, 1.165) is 18.4 Å². The van der Waals surface area contributed by atoms with Crippen molar-refractivity contribution in [1.82, 2.24) is 0 Å². The smallest absolute Gasteiger partial charge is 0.334 e. The van der Waals surface area contributed by atoms with Crippen LogP contribution in [0.3, 0.4) is 0 Å². The molecule has 4 bridgehead atoms. The highest BCUT2D eigenvalue weighted by Crippen LogP contribution is 2.50. The molecule has 3 aliphatic heterocycles. The molecule has 3 heterocycles. The van der Waals surface area contributed by atoms with E-state index in [4.69, 9.17) is 14.2 Å². The maximum Gasteiger partial charge on any atom is 0.334 e. The molecule has 0 aromatic rings. The van der Waals surface area contributed by atoms with Crippen molar-refractivity contribution in [3.63, 3.8) is 0 Å². The molecule has 2 fully saturated rings. The van der Waals surface area contributed by atoms with Crippen molar-refractivity contribution in [2.75, 3.05) is 6.61 Å². The summed E-state index contributed by atoms with van der Waals surface area (Å²) >= 11 is 0. The molecule has 4 unspecified atom stereocenters. The molecule has 3 rings (SSSR count). The van der Waals surface area contributed by atoms with Gasteiger partial charge in [-0.3, -0.25) is 4.79 Å². The van der Waals surface area contributed by atoms with Gasteiger partial charge in [-0.25, -0.2) is 4.79 Å². The molecule has 0 aromatic heterocycles. The van der Waals surface area contributed by atoms with Crippen LogP contribution < -0.4 is 0 Å². The van der Waals surface area contributed by atoms with E-state index in [9.17, 15) is 14.7 Å². The van der Waals surface area contributed by atoms with Gasteiger partial charge < -0.3 is 19.3 Å². The van der Waals surface area contributed by atoms with Crippen LogP contribution in [-0.4, -0.2) is 41.1 Å². The molecule has 6 heteroatoms. The first-order chi connectivity index (χ1) is 13.2. The fourth-order valence-corrected chi connectivity index (χ4v) is 4.49. The van der Waals surface area contributed by atoms with Gasteiger partial charge in [0.05, 0.1) is 0 Å². The molecule has 0 amide bonds. The van der Waals surface area contributed by atoms with E-state index >= 15 is 0 Å². The zero-order chi connectivity index (χ0) is 20.5. The lowest BCUT2D eigenvalue weighted by atomic mass is 9.72. The molecule has 4 atom stereocenters. The summed E-state index contributed by atoms with van der Waals surface area (Å²) in [6, 6.07) is 0. The largest absolute Gasteiger partial charge is 0.463 e. The van der Waals surface area contributed by atoms with E-state index in [1.807, 2.05) is 6.92 Å². The second-order valence-electron chi connectivity index (χ2n) is 8.35. The Morgan fingerprint density at radius 1 is 1.32 bits per heavy atom. The summed E-state index contributed by atoms with van der Waals surface area (Å²) in [5, 5.41) is 11.6. The summed E-state index contributed by atoms with van der Waals surface area (Å²) in [6.45, 7) is 9.14. The van der Waals surface area contributed by atoms with Crippen molar-refractivity contribution in [2.45, 2.75) is 76.8 Å². The average molecular weight is 390 g/mol. The van der Waals surface area contributed by atoms with Crippen LogP contribution in [0.5, 0.6) is 0 Å². The summed E-state index contributed by atoms with van der Waals surface area (Å²) in [5.74, 6) is -3.10. The van der Waals surface area contributed by atoms with Crippen LogP contribution >= 0.6 is 0 Å². The van der Waals surface area contributed by atoms with Gasteiger partial charge in [0.15, 0.2) is 5.79 Å². The number of fused-ring (bicyclic) bond motifs is 6. The molecule has 0 aromatic carbocycles. The molecule has 0 spiro atoms. The molecular weight excluding hydrogens is 360 g/mol. The second kappa shape index (κ2) is 7.84. The van der Waals surface area contributed by atoms with Crippen molar-refractivity contribution in [3.05, 3.63) is 35.5 Å². The molecule has 0 radical (unpaired) electrons. The Morgan fingerprint density at radius 2 is 2.04 bits per heavy atom. The predicted octanol–water partition coefficient (Wildman–Crippen LogP) is 3.35. The van der Waals surface area contributed by atoms with Crippen LogP contribution in [0.1, 0.15) is 59.3 Å². The third-order valence-corrected chi connectivity index (χ3v) is 6.04. The molecule has 2 saturated heterocycles. The zero-order valence-corrected chi connectivity index (χ0v) is 17.0. The van der Waals surface area contributed by atoms with E-state index in [1.54, 1.807) is 0 Å². The second-order valence-corrected chi connectivity index (χ2v) is 8.35. The highest BCUT2D eigenvalue weighted by atomic mass is 16.7. The molecule has 154 valence electrons. The first-order valence-electron chi connectivity index (χ1n) is 9.92. The molecule has 6 nitrogen and oxygen atoms in total. The number of aliphatic hydroxyl groups is 1. The topological polar surface area (TPSA) is 82.1 Å². The van der Waals surface area contributed by atoms with Gasteiger partial charge in [-0.05, 0) is 46.0 Å². The van der Waals surface area contributed by atoms with E-state index in [-0.39, 0.29) is 18.6 Å². The number of ether oxygens (including phenoxy) is 3. The van der Waals surface area contributed by atoms with E-state index < -0.39 is 35.3 Å². The Bertz CT molecular complexity index is 735.